The maximum atomic E-state index is 5.92. The van der Waals surface area contributed by atoms with Crippen LogP contribution in [0.4, 0.5) is 0 Å². The molecule has 16 rings (SSSR count). The molecule has 442 valence electrons. The summed E-state index contributed by atoms with van der Waals surface area (Å²) in [5.74, 6) is 0.683. The highest BCUT2D eigenvalue weighted by Gasteiger charge is 2.42. The minimum absolute atomic E-state index is 0.0997. The second-order valence-corrected chi connectivity index (χ2v) is 29.9. The van der Waals surface area contributed by atoms with Gasteiger partial charge in [0, 0.05) is 60.6 Å². The molecule has 0 aliphatic carbocycles. The Balaban J connectivity index is 1.08. The maximum Gasteiger partial charge on any atom is 0.252 e. The predicted octanol–water partition coefficient (Wildman–Crippen LogP) is 20.7. The fourth-order valence-electron chi connectivity index (χ4n) is 14.7. The number of hydrogen-bond acceptors (Lipinski definition) is 2. The average molecular weight is 1180 g/mol. The van der Waals surface area contributed by atoms with Crippen molar-refractivity contribution in [2.75, 3.05) is 0 Å². The van der Waals surface area contributed by atoms with Gasteiger partial charge in [0.1, 0.15) is 0 Å². The summed E-state index contributed by atoms with van der Waals surface area (Å²) in [6, 6.07) is 89.4. The minimum Gasteiger partial charge on any atom is -0.310 e. The molecular weight excluding hydrogens is 1100 g/mol. The summed E-state index contributed by atoms with van der Waals surface area (Å²) in [6.45, 7) is 27.8. The van der Waals surface area contributed by atoms with Crippen molar-refractivity contribution in [2.24, 2.45) is 0 Å². The van der Waals surface area contributed by atoms with Crippen molar-refractivity contribution in [3.8, 4) is 89.8 Å². The van der Waals surface area contributed by atoms with Crippen LogP contribution in [0.15, 0.2) is 237 Å². The molecule has 0 atom stereocenters. The second-order valence-electron chi connectivity index (χ2n) is 29.9. The van der Waals surface area contributed by atoms with Crippen LogP contribution in [0.1, 0.15) is 105 Å². The quantitative estimate of drug-likeness (QED) is 0.149. The van der Waals surface area contributed by atoms with Crippen molar-refractivity contribution in [3.05, 3.63) is 259 Å². The fourth-order valence-corrected chi connectivity index (χ4v) is 14.7. The van der Waals surface area contributed by atoms with Crippen LogP contribution in [0, 0.1) is 0 Å². The van der Waals surface area contributed by atoms with Crippen LogP contribution in [0.3, 0.4) is 0 Å². The average Bonchev–Trinajstić information content (AvgIpc) is 1.56. The van der Waals surface area contributed by atoms with Crippen molar-refractivity contribution in [1.29, 1.82) is 0 Å². The smallest absolute Gasteiger partial charge is 0.252 e. The topological polar surface area (TPSA) is 35.6 Å². The van der Waals surface area contributed by atoms with Gasteiger partial charge in [-0.2, -0.15) is 0 Å². The van der Waals surface area contributed by atoms with Crippen molar-refractivity contribution < 1.29 is 0 Å². The van der Waals surface area contributed by atoms with Gasteiger partial charge in [-0.3, -0.25) is 0 Å². The summed E-state index contributed by atoms with van der Waals surface area (Å²) in [5.41, 5.74) is 30.1. The predicted molar refractivity (Wildman–Crippen MR) is 388 cm³/mol. The number of fused-ring (bicyclic) bond motifs is 10. The molecule has 5 heterocycles. The van der Waals surface area contributed by atoms with Gasteiger partial charge in [0.25, 0.3) is 6.71 Å². The largest absolute Gasteiger partial charge is 0.310 e. The molecule has 0 fully saturated rings. The maximum absolute atomic E-state index is 5.92. The highest BCUT2D eigenvalue weighted by Crippen LogP contribution is 2.48. The molecule has 0 saturated carbocycles. The molecule has 4 nitrogen and oxygen atoms in total. The number of aromatic nitrogens is 4. The molecule has 11 aromatic carbocycles. The van der Waals surface area contributed by atoms with Crippen LogP contribution in [-0.2, 0) is 21.7 Å². The van der Waals surface area contributed by atoms with E-state index in [2.05, 4.69) is 329 Å². The number of benzene rings is 11. The molecule has 2 aliphatic heterocycles. The van der Waals surface area contributed by atoms with E-state index in [9.17, 15) is 0 Å². The number of rotatable bonds is 7. The Morgan fingerprint density at radius 2 is 0.648 bits per heavy atom. The normalized spacial score (nSPS) is 13.0. The van der Waals surface area contributed by atoms with Crippen LogP contribution in [-0.4, -0.2) is 25.8 Å². The van der Waals surface area contributed by atoms with E-state index in [1.807, 2.05) is 0 Å². The van der Waals surface area contributed by atoms with Crippen molar-refractivity contribution in [3.63, 3.8) is 0 Å². The molecule has 0 amide bonds. The second kappa shape index (κ2) is 20.3. The van der Waals surface area contributed by atoms with E-state index in [1.54, 1.807) is 0 Å². The van der Waals surface area contributed by atoms with Crippen LogP contribution in [0.5, 0.6) is 0 Å². The number of nitrogens with zero attached hydrogens (tertiary/aromatic N) is 4. The van der Waals surface area contributed by atoms with Gasteiger partial charge in [-0.25, -0.2) is 9.97 Å². The monoisotopic (exact) mass is 1170 g/mol. The molecule has 0 spiro atoms. The lowest BCUT2D eigenvalue weighted by atomic mass is 9.34. The van der Waals surface area contributed by atoms with E-state index >= 15 is 0 Å². The Hall–Kier alpha value is -9.84. The van der Waals surface area contributed by atoms with Crippen LogP contribution in [0.2, 0.25) is 0 Å². The van der Waals surface area contributed by atoms with E-state index in [4.69, 9.17) is 9.97 Å². The van der Waals surface area contributed by atoms with Crippen molar-refractivity contribution in [1.82, 2.24) is 19.1 Å². The summed E-state index contributed by atoms with van der Waals surface area (Å²) < 4.78 is 5.27. The lowest BCUT2D eigenvalue weighted by Gasteiger charge is -2.34. The Bertz CT molecular complexity index is 4900. The molecular formula is C86H75BN4. The molecule has 5 heteroatoms. The van der Waals surface area contributed by atoms with Crippen LogP contribution in [0.25, 0.3) is 133 Å². The zero-order valence-electron chi connectivity index (χ0n) is 54.4. The van der Waals surface area contributed by atoms with Gasteiger partial charge in [-0.05, 0) is 172 Å². The fraction of sp³-hybridized carbons (Fsp3) is 0.186. The van der Waals surface area contributed by atoms with Gasteiger partial charge in [0.15, 0.2) is 5.82 Å². The Morgan fingerprint density at radius 3 is 1.00 bits per heavy atom. The molecule has 91 heavy (non-hydrogen) atoms. The van der Waals surface area contributed by atoms with E-state index in [0.717, 1.165) is 50.5 Å². The zero-order valence-corrected chi connectivity index (χ0v) is 54.4. The zero-order chi connectivity index (χ0) is 62.6. The highest BCUT2D eigenvalue weighted by atomic mass is 15.0. The van der Waals surface area contributed by atoms with E-state index in [0.29, 0.717) is 5.82 Å². The van der Waals surface area contributed by atoms with Gasteiger partial charge in [0.2, 0.25) is 0 Å². The third-order valence-corrected chi connectivity index (χ3v) is 19.7. The highest BCUT2D eigenvalue weighted by molar-refractivity contribution is 7.00. The summed E-state index contributed by atoms with van der Waals surface area (Å²) in [5, 5.41) is 4.96. The third kappa shape index (κ3) is 9.25. The van der Waals surface area contributed by atoms with Crippen LogP contribution < -0.4 is 16.4 Å². The van der Waals surface area contributed by atoms with Gasteiger partial charge in [-0.1, -0.05) is 253 Å². The van der Waals surface area contributed by atoms with Crippen LogP contribution >= 0.6 is 0 Å². The lowest BCUT2D eigenvalue weighted by molar-refractivity contribution is 0.568. The SMILES string of the molecule is CC(C)(C)c1cc(-c2cc(-c3cc(C(C)(C)C)cc(C(C)(C)C)c3)nc(-c3cc4c5c(c3)-n3c6cc(-c7ccccc7)cc(-c7ccccc7)c6c6cccc(c63)B5c3cccc5c6c(-c7ccccc7)cc(-c7ccccc7)cc6n-4c35)n2)cc(C(C)(C)C)c1. The number of para-hydroxylation sites is 2. The third-order valence-electron chi connectivity index (χ3n) is 19.7. The molecule has 0 bridgehead atoms. The Kier molecular flexibility index (Phi) is 12.6. The minimum atomic E-state index is -0.112. The standard InChI is InChI=1S/C86H75BN4/c1-83(2,3)61-39-58(40-62(49-61)84(4,5)6)71-51-72(59-41-63(85(7,8)9)50-64(42-59)86(10,11)12)89-82(88-71)60-47-75-79-76(48-60)91-74-46-57(53-29-19-14-20-30-53)44-68(55-33-23-16-24-34-55)78(74)66-36-26-38-70(81(66)91)87(79)69-37-25-35-65-77-67(54-31-21-15-22-32-54)43-56(52-27-17-13-18-28-52)45-73(77)90(75)80(65)69/h13-51H,1-12H3. The van der Waals surface area contributed by atoms with Crippen molar-refractivity contribution >= 4 is 66.7 Å². The lowest BCUT2D eigenvalue weighted by Crippen LogP contribution is -2.59. The number of hydrogen-bond donors (Lipinski definition) is 0. The first-order valence-corrected chi connectivity index (χ1v) is 32.5. The molecule has 14 aromatic rings. The summed E-state index contributed by atoms with van der Waals surface area (Å²) in [7, 11) is 0. The first-order chi connectivity index (χ1) is 43.6. The van der Waals surface area contributed by atoms with E-state index in [1.165, 1.54) is 116 Å². The molecule has 0 unspecified atom stereocenters. The first-order valence-electron chi connectivity index (χ1n) is 32.5. The molecule has 0 saturated heterocycles. The summed E-state index contributed by atoms with van der Waals surface area (Å²) in [6.07, 6.45) is 0. The Morgan fingerprint density at radius 1 is 0.297 bits per heavy atom. The molecule has 3 aromatic heterocycles. The van der Waals surface area contributed by atoms with E-state index < -0.39 is 0 Å². The Labute approximate surface area is 536 Å². The van der Waals surface area contributed by atoms with Gasteiger partial charge in [0.05, 0.1) is 22.4 Å². The van der Waals surface area contributed by atoms with E-state index in [-0.39, 0.29) is 28.4 Å². The summed E-state index contributed by atoms with van der Waals surface area (Å²) in [4.78, 5) is 11.8. The molecule has 0 N–H and O–H groups in total. The summed E-state index contributed by atoms with van der Waals surface area (Å²) >= 11 is 0. The van der Waals surface area contributed by atoms with Gasteiger partial charge in [-0.15, -0.1) is 0 Å². The first kappa shape index (κ1) is 56.4. The van der Waals surface area contributed by atoms with Gasteiger partial charge >= 0.3 is 0 Å². The van der Waals surface area contributed by atoms with Crippen molar-refractivity contribution in [2.45, 2.75) is 105 Å². The van der Waals surface area contributed by atoms with Gasteiger partial charge < -0.3 is 9.13 Å². The molecule has 2 aliphatic rings. The molecule has 0 radical (unpaired) electrons.